The first kappa shape index (κ1) is 19.0. The predicted molar refractivity (Wildman–Crippen MR) is 100 cm³/mol. The fourth-order valence-electron chi connectivity index (χ4n) is 3.29. The molecular weight excluding hydrogens is 385 g/mol. The molecule has 0 unspecified atom stereocenters. The van der Waals surface area contributed by atoms with Crippen molar-refractivity contribution in [2.24, 2.45) is 0 Å². The monoisotopic (exact) mass is 402 g/mol. The Morgan fingerprint density at radius 3 is 2.59 bits per heavy atom. The van der Waals surface area contributed by atoms with Crippen LogP contribution in [-0.4, -0.2) is 28.6 Å². The first-order valence-corrected chi connectivity index (χ1v) is 8.94. The molecule has 0 radical (unpaired) electrons. The molecule has 0 aliphatic carbocycles. The Labute approximate surface area is 164 Å². The van der Waals surface area contributed by atoms with Gasteiger partial charge < -0.3 is 15.4 Å². The van der Waals surface area contributed by atoms with Crippen molar-refractivity contribution in [3.63, 3.8) is 0 Å². The number of hydrogen-bond acceptors (Lipinski definition) is 4. The van der Waals surface area contributed by atoms with Crippen molar-refractivity contribution >= 4 is 11.6 Å². The van der Waals surface area contributed by atoms with Gasteiger partial charge in [-0.3, -0.25) is 9.48 Å². The number of aromatic nitrogens is 2. The third kappa shape index (κ3) is 4.09. The summed E-state index contributed by atoms with van der Waals surface area (Å²) in [4.78, 5) is 13.0. The third-order valence-electron chi connectivity index (χ3n) is 4.48. The van der Waals surface area contributed by atoms with Crippen molar-refractivity contribution in [3.05, 3.63) is 66.0 Å². The third-order valence-corrected chi connectivity index (χ3v) is 4.48. The van der Waals surface area contributed by atoms with Crippen LogP contribution in [-0.2, 0) is 13.1 Å². The van der Waals surface area contributed by atoms with Gasteiger partial charge in [-0.1, -0.05) is 36.4 Å². The van der Waals surface area contributed by atoms with Crippen molar-refractivity contribution in [2.75, 3.05) is 11.9 Å². The lowest BCUT2D eigenvalue weighted by Crippen LogP contribution is -2.28. The lowest BCUT2D eigenvalue weighted by Gasteiger charge is -2.18. The van der Waals surface area contributed by atoms with E-state index in [1.54, 1.807) is 35.0 Å². The Kier molecular flexibility index (Phi) is 4.98. The van der Waals surface area contributed by atoms with E-state index in [9.17, 15) is 18.0 Å². The second-order valence-corrected chi connectivity index (χ2v) is 6.43. The van der Waals surface area contributed by atoms with Crippen LogP contribution in [0.2, 0.25) is 0 Å². The SMILES string of the molecule is O=C(Nc1ccccc1)c1nn2c(c1-c1ccccc1OC(F)(F)F)CNCC2. The van der Waals surface area contributed by atoms with Crippen LogP contribution in [0.4, 0.5) is 18.9 Å². The molecule has 2 aromatic carbocycles. The minimum Gasteiger partial charge on any atom is -0.405 e. The second kappa shape index (κ2) is 7.59. The van der Waals surface area contributed by atoms with Crippen LogP contribution in [0.3, 0.4) is 0 Å². The molecule has 0 saturated heterocycles. The molecule has 1 aliphatic heterocycles. The molecule has 1 amide bonds. The van der Waals surface area contributed by atoms with Gasteiger partial charge in [-0.2, -0.15) is 5.10 Å². The molecule has 1 aliphatic rings. The van der Waals surface area contributed by atoms with E-state index in [0.29, 0.717) is 36.6 Å². The summed E-state index contributed by atoms with van der Waals surface area (Å²) in [5.41, 5.74) is 1.73. The van der Waals surface area contributed by atoms with E-state index < -0.39 is 12.3 Å². The maximum atomic E-state index is 13.0. The number of para-hydroxylation sites is 2. The number of fused-ring (bicyclic) bond motifs is 1. The fourth-order valence-corrected chi connectivity index (χ4v) is 3.29. The number of rotatable bonds is 4. The van der Waals surface area contributed by atoms with Gasteiger partial charge in [0.2, 0.25) is 0 Å². The Bertz CT molecular complexity index is 1030. The number of alkyl halides is 3. The molecular formula is C20H17F3N4O2. The average molecular weight is 402 g/mol. The summed E-state index contributed by atoms with van der Waals surface area (Å²) >= 11 is 0. The van der Waals surface area contributed by atoms with E-state index in [2.05, 4.69) is 20.5 Å². The number of carbonyl (C=O) groups is 1. The molecule has 1 aromatic heterocycles. The van der Waals surface area contributed by atoms with Crippen molar-refractivity contribution in [3.8, 4) is 16.9 Å². The Balaban J connectivity index is 1.81. The first-order valence-electron chi connectivity index (χ1n) is 8.94. The standard InChI is InChI=1S/C20H17F3N4O2/c21-20(22,23)29-16-9-5-4-8-14(16)17-15-12-24-10-11-27(15)26-18(17)19(28)25-13-6-2-1-3-7-13/h1-9,24H,10-12H2,(H,25,28). The van der Waals surface area contributed by atoms with E-state index in [-0.39, 0.29) is 17.0 Å². The van der Waals surface area contributed by atoms with E-state index >= 15 is 0 Å². The quantitative estimate of drug-likeness (QED) is 0.697. The van der Waals surface area contributed by atoms with Crippen LogP contribution in [0.15, 0.2) is 54.6 Å². The highest BCUT2D eigenvalue weighted by Gasteiger charge is 2.34. The molecule has 4 rings (SSSR count). The number of nitrogens with one attached hydrogen (secondary N) is 2. The van der Waals surface area contributed by atoms with Crippen LogP contribution >= 0.6 is 0 Å². The van der Waals surface area contributed by atoms with Crippen molar-refractivity contribution in [2.45, 2.75) is 19.5 Å². The Hall–Kier alpha value is -3.33. The van der Waals surface area contributed by atoms with Gasteiger partial charge in [0.05, 0.1) is 12.2 Å². The van der Waals surface area contributed by atoms with Gasteiger partial charge in [0, 0.05) is 29.9 Å². The zero-order chi connectivity index (χ0) is 20.4. The Morgan fingerprint density at radius 1 is 1.10 bits per heavy atom. The molecule has 9 heteroatoms. The second-order valence-electron chi connectivity index (χ2n) is 6.43. The summed E-state index contributed by atoms with van der Waals surface area (Å²) in [6.07, 6.45) is -4.85. The number of ether oxygens (including phenoxy) is 1. The van der Waals surface area contributed by atoms with Gasteiger partial charge in [0.15, 0.2) is 5.69 Å². The molecule has 6 nitrogen and oxygen atoms in total. The van der Waals surface area contributed by atoms with E-state index in [1.807, 2.05) is 6.07 Å². The molecule has 3 aromatic rings. The molecule has 0 atom stereocenters. The molecule has 2 heterocycles. The summed E-state index contributed by atoms with van der Waals surface area (Å²) in [5.74, 6) is -0.884. The van der Waals surface area contributed by atoms with E-state index in [0.717, 1.165) is 0 Å². The van der Waals surface area contributed by atoms with Crippen molar-refractivity contribution in [1.29, 1.82) is 0 Å². The fraction of sp³-hybridized carbons (Fsp3) is 0.200. The maximum absolute atomic E-state index is 13.0. The van der Waals surface area contributed by atoms with Crippen molar-refractivity contribution in [1.82, 2.24) is 15.1 Å². The van der Waals surface area contributed by atoms with Gasteiger partial charge in [-0.05, 0) is 18.2 Å². The smallest absolute Gasteiger partial charge is 0.405 e. The van der Waals surface area contributed by atoms with Crippen LogP contribution in [0.25, 0.3) is 11.1 Å². The maximum Gasteiger partial charge on any atom is 0.573 e. The van der Waals surface area contributed by atoms with Crippen LogP contribution in [0.5, 0.6) is 5.75 Å². The largest absolute Gasteiger partial charge is 0.573 e. The lowest BCUT2D eigenvalue weighted by molar-refractivity contribution is -0.274. The summed E-state index contributed by atoms with van der Waals surface area (Å²) < 4.78 is 44.6. The molecule has 150 valence electrons. The van der Waals surface area contributed by atoms with Crippen LogP contribution in [0.1, 0.15) is 16.2 Å². The normalized spacial score (nSPS) is 13.6. The summed E-state index contributed by atoms with van der Waals surface area (Å²) in [5, 5.41) is 10.3. The van der Waals surface area contributed by atoms with Crippen molar-refractivity contribution < 1.29 is 22.7 Å². The van der Waals surface area contributed by atoms with E-state index in [4.69, 9.17) is 0 Å². The van der Waals surface area contributed by atoms with Gasteiger partial charge in [-0.15, -0.1) is 13.2 Å². The highest BCUT2D eigenvalue weighted by Crippen LogP contribution is 2.38. The minimum atomic E-state index is -4.85. The number of anilines is 1. The highest BCUT2D eigenvalue weighted by atomic mass is 19.4. The summed E-state index contributed by atoms with van der Waals surface area (Å²) in [6, 6.07) is 14.5. The zero-order valence-corrected chi connectivity index (χ0v) is 15.2. The summed E-state index contributed by atoms with van der Waals surface area (Å²) in [6.45, 7) is 1.53. The zero-order valence-electron chi connectivity index (χ0n) is 15.2. The average Bonchev–Trinajstić information content (AvgIpc) is 3.08. The first-order chi connectivity index (χ1) is 13.9. The molecule has 0 bridgehead atoms. The Morgan fingerprint density at radius 2 is 1.83 bits per heavy atom. The predicted octanol–water partition coefficient (Wildman–Crippen LogP) is 3.80. The number of amides is 1. The van der Waals surface area contributed by atoms with Gasteiger partial charge >= 0.3 is 6.36 Å². The molecule has 0 spiro atoms. The lowest BCUT2D eigenvalue weighted by atomic mass is 10.0. The van der Waals surface area contributed by atoms with Crippen LogP contribution < -0.4 is 15.4 Å². The number of hydrogen-bond donors (Lipinski definition) is 2. The number of nitrogens with zero attached hydrogens (tertiary/aromatic N) is 2. The molecule has 0 saturated carbocycles. The van der Waals surface area contributed by atoms with Crippen LogP contribution in [0, 0.1) is 0 Å². The number of halogens is 3. The molecule has 0 fully saturated rings. The highest BCUT2D eigenvalue weighted by molar-refractivity contribution is 6.08. The number of carbonyl (C=O) groups excluding carboxylic acids is 1. The minimum absolute atomic E-state index is 0.0470. The molecule has 29 heavy (non-hydrogen) atoms. The van der Waals surface area contributed by atoms with E-state index in [1.165, 1.54) is 18.2 Å². The molecule has 2 N–H and O–H groups in total. The van der Waals surface area contributed by atoms with Gasteiger partial charge in [0.1, 0.15) is 5.75 Å². The summed E-state index contributed by atoms with van der Waals surface area (Å²) in [7, 11) is 0. The van der Waals surface area contributed by atoms with Gasteiger partial charge in [0.25, 0.3) is 5.91 Å². The van der Waals surface area contributed by atoms with Gasteiger partial charge in [-0.25, -0.2) is 0 Å². The topological polar surface area (TPSA) is 68.2 Å². The number of benzene rings is 2.